The van der Waals surface area contributed by atoms with Crippen LogP contribution in [-0.4, -0.2) is 10.9 Å². The molecular formula is C9H10OS. The summed E-state index contributed by atoms with van der Waals surface area (Å²) in [5, 5.41) is 0.160. The number of hydrogen-bond acceptors (Lipinski definition) is 2. The molecule has 1 rings (SSSR count). The van der Waals surface area contributed by atoms with Crippen LogP contribution in [0.5, 0.6) is 0 Å². The minimum absolute atomic E-state index is 0.160. The van der Waals surface area contributed by atoms with Crippen LogP contribution in [0.4, 0.5) is 0 Å². The minimum atomic E-state index is 0.160. The summed E-state index contributed by atoms with van der Waals surface area (Å²) >= 11 is 1.35. The van der Waals surface area contributed by atoms with Gasteiger partial charge in [0.1, 0.15) is 0 Å². The van der Waals surface area contributed by atoms with Crippen LogP contribution in [-0.2, 0) is 0 Å². The van der Waals surface area contributed by atoms with Gasteiger partial charge in [-0.2, -0.15) is 0 Å². The molecule has 0 aliphatic heterocycles. The number of rotatable bonds is 2. The zero-order valence-corrected chi connectivity index (χ0v) is 7.23. The van der Waals surface area contributed by atoms with Gasteiger partial charge in [0.15, 0.2) is 0 Å². The van der Waals surface area contributed by atoms with Gasteiger partial charge in [0, 0.05) is 5.56 Å². The van der Waals surface area contributed by atoms with Gasteiger partial charge >= 0.3 is 0 Å². The molecule has 0 aliphatic carbocycles. The Morgan fingerprint density at radius 1 is 1.36 bits per heavy atom. The summed E-state index contributed by atoms with van der Waals surface area (Å²) < 4.78 is 0. The van der Waals surface area contributed by atoms with Crippen LogP contribution in [0.25, 0.3) is 0 Å². The van der Waals surface area contributed by atoms with E-state index in [0.717, 1.165) is 11.3 Å². The lowest BCUT2D eigenvalue weighted by Gasteiger charge is -1.95. The van der Waals surface area contributed by atoms with Gasteiger partial charge in [-0.15, -0.1) is 0 Å². The molecule has 0 fully saturated rings. The molecule has 11 heavy (non-hydrogen) atoms. The van der Waals surface area contributed by atoms with E-state index in [4.69, 9.17) is 0 Å². The Balaban J connectivity index is 2.69. The van der Waals surface area contributed by atoms with Crippen molar-refractivity contribution in [2.75, 3.05) is 5.75 Å². The van der Waals surface area contributed by atoms with E-state index in [1.165, 1.54) is 11.8 Å². The summed E-state index contributed by atoms with van der Waals surface area (Å²) in [7, 11) is 0. The maximum Gasteiger partial charge on any atom is 0.219 e. The fraction of sp³-hybridized carbons (Fsp3) is 0.222. The number of benzene rings is 1. The van der Waals surface area contributed by atoms with Crippen molar-refractivity contribution in [3.8, 4) is 0 Å². The van der Waals surface area contributed by atoms with E-state index in [9.17, 15) is 4.79 Å². The van der Waals surface area contributed by atoms with E-state index in [2.05, 4.69) is 0 Å². The monoisotopic (exact) mass is 166 g/mol. The number of carbonyl (C=O) groups is 1. The maximum atomic E-state index is 11.2. The van der Waals surface area contributed by atoms with Crippen molar-refractivity contribution in [3.05, 3.63) is 35.9 Å². The largest absolute Gasteiger partial charge is 0.282 e. The molecule has 1 aromatic carbocycles. The molecule has 58 valence electrons. The van der Waals surface area contributed by atoms with Gasteiger partial charge in [-0.25, -0.2) is 0 Å². The third-order valence-electron chi connectivity index (χ3n) is 1.28. The van der Waals surface area contributed by atoms with Crippen molar-refractivity contribution in [1.82, 2.24) is 0 Å². The highest BCUT2D eigenvalue weighted by molar-refractivity contribution is 8.14. The summed E-state index contributed by atoms with van der Waals surface area (Å²) in [6.45, 7) is 1.98. The van der Waals surface area contributed by atoms with Crippen molar-refractivity contribution >= 4 is 16.9 Å². The predicted octanol–water partition coefficient (Wildman–Crippen LogP) is 2.58. The Morgan fingerprint density at radius 2 is 2.00 bits per heavy atom. The standard InChI is InChI=1S/C9H10OS/c1-2-11-9(10)8-6-4-3-5-7-8/h3-7H,2H2,1H3. The lowest BCUT2D eigenvalue weighted by Crippen LogP contribution is -1.91. The number of thioether (sulfide) groups is 1. The molecule has 0 radical (unpaired) electrons. The van der Waals surface area contributed by atoms with Crippen molar-refractivity contribution in [3.63, 3.8) is 0 Å². The Hall–Kier alpha value is -0.760. The van der Waals surface area contributed by atoms with E-state index in [1.807, 2.05) is 37.3 Å². The fourth-order valence-corrected chi connectivity index (χ4v) is 1.35. The molecule has 1 nitrogen and oxygen atoms in total. The summed E-state index contributed by atoms with van der Waals surface area (Å²) in [5.74, 6) is 0.841. The van der Waals surface area contributed by atoms with Crippen LogP contribution in [0.1, 0.15) is 17.3 Å². The first-order valence-corrected chi connectivity index (χ1v) is 4.55. The van der Waals surface area contributed by atoms with Crippen LogP contribution >= 0.6 is 11.8 Å². The average molecular weight is 166 g/mol. The molecule has 2 heteroatoms. The van der Waals surface area contributed by atoms with Crippen molar-refractivity contribution in [1.29, 1.82) is 0 Å². The van der Waals surface area contributed by atoms with Gasteiger partial charge in [0.05, 0.1) is 0 Å². The van der Waals surface area contributed by atoms with E-state index in [-0.39, 0.29) is 5.12 Å². The van der Waals surface area contributed by atoms with Crippen LogP contribution in [0.15, 0.2) is 30.3 Å². The second-order valence-corrected chi connectivity index (χ2v) is 3.32. The zero-order valence-electron chi connectivity index (χ0n) is 6.41. The molecule has 0 aromatic heterocycles. The Bertz CT molecular complexity index is 231. The third-order valence-corrected chi connectivity index (χ3v) is 2.07. The van der Waals surface area contributed by atoms with Crippen LogP contribution in [0.2, 0.25) is 0 Å². The van der Waals surface area contributed by atoms with Crippen LogP contribution in [0.3, 0.4) is 0 Å². The molecule has 0 atom stereocenters. The van der Waals surface area contributed by atoms with Gasteiger partial charge in [-0.05, 0) is 5.75 Å². The Labute approximate surface area is 70.8 Å². The average Bonchev–Trinajstić information content (AvgIpc) is 2.07. The molecule has 0 heterocycles. The van der Waals surface area contributed by atoms with E-state index >= 15 is 0 Å². The Morgan fingerprint density at radius 3 is 2.55 bits per heavy atom. The smallest absolute Gasteiger partial charge is 0.219 e. The SMILES string of the molecule is CCSC(=O)c1ccccc1. The first-order valence-electron chi connectivity index (χ1n) is 3.56. The van der Waals surface area contributed by atoms with E-state index in [0.29, 0.717) is 0 Å². The van der Waals surface area contributed by atoms with Crippen LogP contribution < -0.4 is 0 Å². The first kappa shape index (κ1) is 8.34. The highest BCUT2D eigenvalue weighted by Gasteiger charge is 2.01. The maximum absolute atomic E-state index is 11.2. The topological polar surface area (TPSA) is 17.1 Å². The van der Waals surface area contributed by atoms with E-state index in [1.54, 1.807) is 0 Å². The molecule has 0 N–H and O–H groups in total. The summed E-state index contributed by atoms with van der Waals surface area (Å²) in [5.41, 5.74) is 0.791. The normalized spacial score (nSPS) is 9.55. The molecular weight excluding hydrogens is 156 g/mol. The lowest BCUT2D eigenvalue weighted by molar-refractivity contribution is 0.108. The van der Waals surface area contributed by atoms with Gasteiger partial charge in [-0.1, -0.05) is 49.0 Å². The quantitative estimate of drug-likeness (QED) is 0.671. The zero-order chi connectivity index (χ0) is 8.10. The van der Waals surface area contributed by atoms with Crippen molar-refractivity contribution in [2.24, 2.45) is 0 Å². The first-order chi connectivity index (χ1) is 5.34. The molecule has 1 aromatic rings. The van der Waals surface area contributed by atoms with Gasteiger partial charge < -0.3 is 0 Å². The summed E-state index contributed by atoms with van der Waals surface area (Å²) in [6.07, 6.45) is 0. The molecule has 0 saturated heterocycles. The second kappa shape index (κ2) is 4.19. The summed E-state index contributed by atoms with van der Waals surface area (Å²) in [4.78, 5) is 11.2. The molecule has 0 unspecified atom stereocenters. The lowest BCUT2D eigenvalue weighted by atomic mass is 10.2. The molecule has 0 amide bonds. The molecule has 0 aliphatic rings. The predicted molar refractivity (Wildman–Crippen MR) is 48.9 cm³/mol. The van der Waals surface area contributed by atoms with Crippen LogP contribution in [0, 0.1) is 0 Å². The highest BCUT2D eigenvalue weighted by atomic mass is 32.2. The van der Waals surface area contributed by atoms with Gasteiger partial charge in [0.2, 0.25) is 5.12 Å². The molecule has 0 bridgehead atoms. The highest BCUT2D eigenvalue weighted by Crippen LogP contribution is 2.10. The van der Waals surface area contributed by atoms with E-state index < -0.39 is 0 Å². The van der Waals surface area contributed by atoms with Gasteiger partial charge in [-0.3, -0.25) is 4.79 Å². The van der Waals surface area contributed by atoms with Crippen molar-refractivity contribution in [2.45, 2.75) is 6.92 Å². The van der Waals surface area contributed by atoms with Gasteiger partial charge in [0.25, 0.3) is 0 Å². The summed E-state index contributed by atoms with van der Waals surface area (Å²) in [6, 6.07) is 9.34. The molecule has 0 spiro atoms. The fourth-order valence-electron chi connectivity index (χ4n) is 0.789. The second-order valence-electron chi connectivity index (χ2n) is 2.09. The van der Waals surface area contributed by atoms with Crippen molar-refractivity contribution < 1.29 is 4.79 Å². The third kappa shape index (κ3) is 2.39. The molecule has 0 saturated carbocycles. The number of hydrogen-bond donors (Lipinski definition) is 0. The minimum Gasteiger partial charge on any atom is -0.282 e. The Kier molecular flexibility index (Phi) is 3.17. The number of carbonyl (C=O) groups excluding carboxylic acids is 1.